The lowest BCUT2D eigenvalue weighted by Gasteiger charge is -2.33. The molecule has 2 fully saturated rings. The number of anilines is 2. The molecule has 0 spiro atoms. The molecule has 3 rings (SSSR count). The van der Waals surface area contributed by atoms with E-state index in [0.717, 1.165) is 43.6 Å². The molecular formula is C14H22N4O. The van der Waals surface area contributed by atoms with Gasteiger partial charge < -0.3 is 15.0 Å². The average Bonchev–Trinajstić information content (AvgIpc) is 3.31. The maximum absolute atomic E-state index is 5.72. The highest BCUT2D eigenvalue weighted by Gasteiger charge is 2.28. The van der Waals surface area contributed by atoms with Gasteiger partial charge in [-0.25, -0.2) is 9.97 Å². The third-order valence-corrected chi connectivity index (χ3v) is 3.85. The summed E-state index contributed by atoms with van der Waals surface area (Å²) in [4.78, 5) is 11.6. The average molecular weight is 262 g/mol. The second-order valence-corrected chi connectivity index (χ2v) is 5.34. The fraction of sp³-hybridized carbons (Fsp3) is 0.714. The summed E-state index contributed by atoms with van der Waals surface area (Å²) in [6, 6.07) is 2.05. The lowest BCUT2D eigenvalue weighted by Crippen LogP contribution is -2.42. The van der Waals surface area contributed by atoms with Crippen LogP contribution in [0.5, 0.6) is 0 Å². The molecule has 2 heterocycles. The van der Waals surface area contributed by atoms with Crippen LogP contribution in [0.2, 0.25) is 0 Å². The molecular weight excluding hydrogens is 240 g/mol. The molecule has 1 N–H and O–H groups in total. The fourth-order valence-corrected chi connectivity index (χ4v) is 2.44. The second-order valence-electron chi connectivity index (χ2n) is 5.34. The van der Waals surface area contributed by atoms with E-state index in [1.165, 1.54) is 12.8 Å². The highest BCUT2D eigenvalue weighted by molar-refractivity contribution is 5.50. The summed E-state index contributed by atoms with van der Waals surface area (Å²) in [5, 5.41) is 3.15. The zero-order chi connectivity index (χ0) is 13.2. The summed E-state index contributed by atoms with van der Waals surface area (Å²) < 4.78 is 5.72. The Morgan fingerprint density at radius 1 is 1.42 bits per heavy atom. The van der Waals surface area contributed by atoms with Gasteiger partial charge in [-0.05, 0) is 19.3 Å². The van der Waals surface area contributed by atoms with Crippen molar-refractivity contribution in [3.63, 3.8) is 0 Å². The van der Waals surface area contributed by atoms with Crippen LogP contribution < -0.4 is 10.2 Å². The van der Waals surface area contributed by atoms with Crippen LogP contribution >= 0.6 is 0 Å². The van der Waals surface area contributed by atoms with Gasteiger partial charge in [0.2, 0.25) is 0 Å². The number of nitrogens with one attached hydrogen (secondary N) is 1. The highest BCUT2D eigenvalue weighted by atomic mass is 16.5. The predicted molar refractivity (Wildman–Crippen MR) is 75.8 cm³/mol. The van der Waals surface area contributed by atoms with Crippen LogP contribution in [-0.4, -0.2) is 42.8 Å². The second kappa shape index (κ2) is 5.33. The van der Waals surface area contributed by atoms with Gasteiger partial charge in [0.25, 0.3) is 0 Å². The van der Waals surface area contributed by atoms with Crippen molar-refractivity contribution in [3.8, 4) is 0 Å². The van der Waals surface area contributed by atoms with Crippen LogP contribution in [0.25, 0.3) is 0 Å². The summed E-state index contributed by atoms with van der Waals surface area (Å²) in [6.45, 7) is 4.81. The largest absolute Gasteiger partial charge is 0.375 e. The Morgan fingerprint density at radius 3 is 2.95 bits per heavy atom. The van der Waals surface area contributed by atoms with E-state index in [1.54, 1.807) is 0 Å². The maximum Gasteiger partial charge on any atom is 0.136 e. The molecule has 1 saturated heterocycles. The molecule has 1 aromatic heterocycles. The molecule has 1 saturated carbocycles. The monoisotopic (exact) mass is 262 g/mol. The lowest BCUT2D eigenvalue weighted by molar-refractivity contribution is 0.0381. The normalized spacial score (nSPS) is 23.5. The third kappa shape index (κ3) is 2.81. The van der Waals surface area contributed by atoms with Crippen molar-refractivity contribution < 1.29 is 4.74 Å². The number of hydrogen-bond acceptors (Lipinski definition) is 5. The van der Waals surface area contributed by atoms with Crippen LogP contribution in [0.1, 0.15) is 37.9 Å². The lowest BCUT2D eigenvalue weighted by atomic mass is 10.2. The van der Waals surface area contributed by atoms with E-state index in [-0.39, 0.29) is 0 Å². The van der Waals surface area contributed by atoms with Crippen molar-refractivity contribution in [1.29, 1.82) is 0 Å². The van der Waals surface area contributed by atoms with E-state index in [2.05, 4.69) is 22.1 Å². The molecule has 0 aromatic carbocycles. The summed E-state index contributed by atoms with van der Waals surface area (Å²) >= 11 is 0. The molecule has 0 amide bonds. The van der Waals surface area contributed by atoms with Crippen molar-refractivity contribution in [1.82, 2.24) is 9.97 Å². The quantitative estimate of drug-likeness (QED) is 0.899. The van der Waals surface area contributed by atoms with Crippen LogP contribution in [0.4, 0.5) is 11.6 Å². The first kappa shape index (κ1) is 12.7. The number of morpholine rings is 1. The molecule has 0 radical (unpaired) electrons. The van der Waals surface area contributed by atoms with Crippen molar-refractivity contribution in [3.05, 3.63) is 11.9 Å². The van der Waals surface area contributed by atoms with Crippen LogP contribution in [-0.2, 0) is 4.74 Å². The van der Waals surface area contributed by atoms with Gasteiger partial charge in [0.15, 0.2) is 0 Å². The summed E-state index contributed by atoms with van der Waals surface area (Å²) in [6.07, 6.45) is 3.84. The van der Waals surface area contributed by atoms with Crippen LogP contribution in [0.3, 0.4) is 0 Å². The number of nitrogens with zero attached hydrogens (tertiary/aromatic N) is 3. The summed E-state index contributed by atoms with van der Waals surface area (Å²) in [5.41, 5.74) is 0. The van der Waals surface area contributed by atoms with E-state index >= 15 is 0 Å². The first-order valence-electron chi connectivity index (χ1n) is 7.23. The van der Waals surface area contributed by atoms with Crippen LogP contribution in [0.15, 0.2) is 6.07 Å². The Balaban J connectivity index is 1.84. The van der Waals surface area contributed by atoms with Gasteiger partial charge in [0.05, 0.1) is 12.7 Å². The Kier molecular flexibility index (Phi) is 3.55. The molecule has 1 aromatic rings. The Labute approximate surface area is 114 Å². The zero-order valence-electron chi connectivity index (χ0n) is 11.7. The van der Waals surface area contributed by atoms with Crippen molar-refractivity contribution in [2.75, 3.05) is 37.0 Å². The molecule has 104 valence electrons. The Hall–Kier alpha value is -1.36. The number of ether oxygens (including phenoxy) is 1. The maximum atomic E-state index is 5.72. The number of hydrogen-bond donors (Lipinski definition) is 1. The third-order valence-electron chi connectivity index (χ3n) is 3.85. The first-order chi connectivity index (χ1) is 9.30. The van der Waals surface area contributed by atoms with Crippen molar-refractivity contribution >= 4 is 11.6 Å². The van der Waals surface area contributed by atoms with E-state index in [9.17, 15) is 0 Å². The molecule has 19 heavy (non-hydrogen) atoms. The van der Waals surface area contributed by atoms with E-state index in [1.807, 2.05) is 13.1 Å². The van der Waals surface area contributed by atoms with Crippen LogP contribution in [0, 0.1) is 0 Å². The molecule has 5 nitrogen and oxygen atoms in total. The van der Waals surface area contributed by atoms with Gasteiger partial charge in [-0.1, -0.05) is 6.92 Å². The van der Waals surface area contributed by atoms with E-state index in [0.29, 0.717) is 12.0 Å². The minimum absolute atomic E-state index is 0.325. The first-order valence-corrected chi connectivity index (χ1v) is 7.23. The predicted octanol–water partition coefficient (Wildman–Crippen LogP) is 2.01. The van der Waals surface area contributed by atoms with E-state index in [4.69, 9.17) is 9.72 Å². The molecule has 2 aliphatic rings. The molecule has 1 aliphatic carbocycles. The minimum atomic E-state index is 0.325. The molecule has 1 aliphatic heterocycles. The van der Waals surface area contributed by atoms with Crippen molar-refractivity contribution in [2.24, 2.45) is 0 Å². The number of aromatic nitrogens is 2. The molecule has 1 atom stereocenters. The molecule has 0 bridgehead atoms. The van der Waals surface area contributed by atoms with Gasteiger partial charge in [0.1, 0.15) is 17.5 Å². The smallest absolute Gasteiger partial charge is 0.136 e. The Morgan fingerprint density at radius 2 is 2.26 bits per heavy atom. The summed E-state index contributed by atoms with van der Waals surface area (Å²) in [5.74, 6) is 3.55. The van der Waals surface area contributed by atoms with Gasteiger partial charge >= 0.3 is 0 Å². The van der Waals surface area contributed by atoms with Gasteiger partial charge in [-0.3, -0.25) is 0 Å². The van der Waals surface area contributed by atoms with Gasteiger partial charge in [0, 0.05) is 32.1 Å². The molecule has 5 heteroatoms. The SMILES string of the molecule is CCC1CN(c2cc(NC)nc(C3CC3)n2)CCO1. The Bertz CT molecular complexity index is 447. The molecule has 1 unspecified atom stereocenters. The van der Waals surface area contributed by atoms with Gasteiger partial charge in [-0.2, -0.15) is 0 Å². The highest BCUT2D eigenvalue weighted by Crippen LogP contribution is 2.39. The number of rotatable bonds is 4. The summed E-state index contributed by atoms with van der Waals surface area (Å²) in [7, 11) is 1.91. The zero-order valence-corrected chi connectivity index (χ0v) is 11.7. The minimum Gasteiger partial charge on any atom is -0.375 e. The standard InChI is InChI=1S/C14H22N4O/c1-3-11-9-18(6-7-19-11)13-8-12(15-2)16-14(17-13)10-4-5-10/h8,10-11H,3-7,9H2,1-2H3,(H,15,16,17). The topological polar surface area (TPSA) is 50.3 Å². The van der Waals surface area contributed by atoms with E-state index < -0.39 is 0 Å². The van der Waals surface area contributed by atoms with Gasteiger partial charge in [-0.15, -0.1) is 0 Å². The fourth-order valence-electron chi connectivity index (χ4n) is 2.44. The van der Waals surface area contributed by atoms with Crippen molar-refractivity contribution in [2.45, 2.75) is 38.2 Å².